The first-order valence-electron chi connectivity index (χ1n) is 8.09. The van der Waals surface area contributed by atoms with Crippen molar-refractivity contribution in [3.63, 3.8) is 0 Å². The molecule has 5 nitrogen and oxygen atoms in total. The summed E-state index contributed by atoms with van der Waals surface area (Å²) in [6.45, 7) is 2.89. The molecule has 1 spiro atoms. The van der Waals surface area contributed by atoms with Gasteiger partial charge in [-0.2, -0.15) is 13.2 Å². The molecular formula is C15H26F3IN4O. The van der Waals surface area contributed by atoms with Gasteiger partial charge in [0.1, 0.15) is 13.1 Å². The summed E-state index contributed by atoms with van der Waals surface area (Å²) >= 11 is 0. The fraction of sp³-hybridized carbons (Fsp3) is 0.867. The highest BCUT2D eigenvalue weighted by Gasteiger charge is 2.43. The Kier molecular flexibility index (Phi) is 7.61. The molecule has 140 valence electrons. The lowest BCUT2D eigenvalue weighted by atomic mass is 9.68. The maximum Gasteiger partial charge on any atom is 0.406 e. The molecule has 2 aliphatic rings. The summed E-state index contributed by atoms with van der Waals surface area (Å²) in [5, 5.41) is 3.14. The van der Waals surface area contributed by atoms with E-state index < -0.39 is 18.6 Å². The minimum Gasteiger partial charge on any atom is -0.357 e. The van der Waals surface area contributed by atoms with Gasteiger partial charge in [-0.15, -0.1) is 24.0 Å². The topological polar surface area (TPSA) is 47.9 Å². The van der Waals surface area contributed by atoms with E-state index in [0.717, 1.165) is 26.6 Å². The van der Waals surface area contributed by atoms with E-state index in [-0.39, 0.29) is 30.5 Å². The molecule has 1 aliphatic carbocycles. The second-order valence-electron chi connectivity index (χ2n) is 6.56. The number of hydrogen-bond acceptors (Lipinski definition) is 2. The molecule has 0 aromatic heterocycles. The van der Waals surface area contributed by atoms with Crippen LogP contribution in [0.5, 0.6) is 0 Å². The number of carbonyl (C=O) groups excluding carboxylic acids is 1. The zero-order valence-corrected chi connectivity index (χ0v) is 16.5. The van der Waals surface area contributed by atoms with Crippen LogP contribution in [-0.2, 0) is 4.79 Å². The summed E-state index contributed by atoms with van der Waals surface area (Å²) in [4.78, 5) is 18.9. The van der Waals surface area contributed by atoms with E-state index in [4.69, 9.17) is 0 Å². The summed E-state index contributed by atoms with van der Waals surface area (Å²) in [5.41, 5.74) is 0.396. The van der Waals surface area contributed by atoms with Gasteiger partial charge < -0.3 is 15.1 Å². The molecule has 1 N–H and O–H groups in total. The molecule has 1 heterocycles. The standard InChI is InChI=1S/C15H25F3N4O.HI/c1-3-19-13(22-8-7-14(10-22)5-4-6-14)20-9-12(23)21(2)11-15(16,17)18;/h3-11H2,1-2H3,(H,19,20);1H. The smallest absolute Gasteiger partial charge is 0.357 e. The molecular weight excluding hydrogens is 436 g/mol. The molecule has 1 aliphatic heterocycles. The van der Waals surface area contributed by atoms with Crippen molar-refractivity contribution in [2.75, 3.05) is 39.8 Å². The Hall–Kier alpha value is -0.740. The Labute approximate surface area is 158 Å². The lowest BCUT2D eigenvalue weighted by Crippen LogP contribution is -2.43. The van der Waals surface area contributed by atoms with Gasteiger partial charge >= 0.3 is 6.18 Å². The van der Waals surface area contributed by atoms with E-state index in [9.17, 15) is 18.0 Å². The second kappa shape index (κ2) is 8.57. The van der Waals surface area contributed by atoms with Crippen molar-refractivity contribution in [3.8, 4) is 0 Å². The van der Waals surface area contributed by atoms with E-state index >= 15 is 0 Å². The zero-order valence-electron chi connectivity index (χ0n) is 14.2. The van der Waals surface area contributed by atoms with Gasteiger partial charge in [-0.05, 0) is 31.6 Å². The lowest BCUT2D eigenvalue weighted by molar-refractivity contribution is -0.157. The quantitative estimate of drug-likeness (QED) is 0.397. The number of aliphatic imine (C=N–C) groups is 1. The first-order valence-corrected chi connectivity index (χ1v) is 8.09. The van der Waals surface area contributed by atoms with Crippen LogP contribution in [-0.4, -0.2) is 67.6 Å². The van der Waals surface area contributed by atoms with Crippen molar-refractivity contribution in [1.29, 1.82) is 0 Å². The van der Waals surface area contributed by atoms with Gasteiger partial charge in [0.15, 0.2) is 5.96 Å². The fourth-order valence-corrected chi connectivity index (χ4v) is 3.25. The van der Waals surface area contributed by atoms with Gasteiger partial charge in [-0.3, -0.25) is 4.79 Å². The predicted molar refractivity (Wildman–Crippen MR) is 97.6 cm³/mol. The molecule has 0 aromatic rings. The highest BCUT2D eigenvalue weighted by atomic mass is 127. The molecule has 0 unspecified atom stereocenters. The second-order valence-corrected chi connectivity index (χ2v) is 6.56. The first kappa shape index (κ1) is 21.3. The predicted octanol–water partition coefficient (Wildman–Crippen LogP) is 2.47. The summed E-state index contributed by atoms with van der Waals surface area (Å²) in [7, 11) is 1.15. The Balaban J connectivity index is 0.00000288. The summed E-state index contributed by atoms with van der Waals surface area (Å²) < 4.78 is 36.9. The molecule has 0 radical (unpaired) electrons. The molecule has 24 heavy (non-hydrogen) atoms. The van der Waals surface area contributed by atoms with Crippen LogP contribution in [0.25, 0.3) is 0 Å². The molecule has 9 heteroatoms. The number of rotatable bonds is 4. The van der Waals surface area contributed by atoms with Gasteiger partial charge in [0.2, 0.25) is 5.91 Å². The monoisotopic (exact) mass is 462 g/mol. The number of hydrogen-bond donors (Lipinski definition) is 1. The number of likely N-dealkylation sites (tertiary alicyclic amines) is 1. The van der Waals surface area contributed by atoms with Crippen LogP contribution in [0.1, 0.15) is 32.6 Å². The third kappa shape index (κ3) is 5.66. The van der Waals surface area contributed by atoms with Crippen molar-refractivity contribution >= 4 is 35.8 Å². The molecule has 0 atom stereocenters. The number of halogens is 4. The molecule has 0 bridgehead atoms. The third-order valence-corrected chi connectivity index (χ3v) is 4.69. The zero-order chi connectivity index (χ0) is 17.1. The van der Waals surface area contributed by atoms with Crippen molar-refractivity contribution in [2.24, 2.45) is 10.4 Å². The average molecular weight is 462 g/mol. The van der Waals surface area contributed by atoms with Gasteiger partial charge in [0, 0.05) is 26.7 Å². The Morgan fingerprint density at radius 1 is 1.33 bits per heavy atom. The van der Waals surface area contributed by atoms with Crippen LogP contribution in [0, 0.1) is 5.41 Å². The molecule has 1 saturated heterocycles. The van der Waals surface area contributed by atoms with Crippen molar-refractivity contribution < 1.29 is 18.0 Å². The number of alkyl halides is 3. The van der Waals surface area contributed by atoms with Crippen LogP contribution in [0.2, 0.25) is 0 Å². The van der Waals surface area contributed by atoms with Gasteiger partial charge in [-0.25, -0.2) is 4.99 Å². The number of nitrogens with zero attached hydrogens (tertiary/aromatic N) is 3. The van der Waals surface area contributed by atoms with E-state index in [1.165, 1.54) is 19.3 Å². The maximum atomic E-state index is 12.3. The van der Waals surface area contributed by atoms with Gasteiger partial charge in [-0.1, -0.05) is 6.42 Å². The first-order chi connectivity index (χ1) is 10.7. The largest absolute Gasteiger partial charge is 0.406 e. The lowest BCUT2D eigenvalue weighted by Gasteiger charge is -2.38. The van der Waals surface area contributed by atoms with Crippen molar-refractivity contribution in [1.82, 2.24) is 15.1 Å². The molecule has 1 amide bonds. The van der Waals surface area contributed by atoms with E-state index in [2.05, 4.69) is 15.2 Å². The summed E-state index contributed by atoms with van der Waals surface area (Å²) in [5.74, 6) is 0.000293. The number of carbonyl (C=O) groups is 1. The van der Waals surface area contributed by atoms with Crippen molar-refractivity contribution in [2.45, 2.75) is 38.8 Å². The minimum atomic E-state index is -4.38. The van der Waals surface area contributed by atoms with Crippen LogP contribution in [0.4, 0.5) is 13.2 Å². The highest BCUT2D eigenvalue weighted by molar-refractivity contribution is 14.0. The SMILES string of the molecule is CCNC(=NCC(=O)N(C)CC(F)(F)F)N1CCC2(CCC2)C1.I. The average Bonchev–Trinajstić information content (AvgIpc) is 2.86. The van der Waals surface area contributed by atoms with Crippen LogP contribution in [0.15, 0.2) is 4.99 Å². The maximum absolute atomic E-state index is 12.3. The molecule has 0 aromatic carbocycles. The molecule has 1 saturated carbocycles. The van der Waals surface area contributed by atoms with Gasteiger partial charge in [0.05, 0.1) is 0 Å². The number of likely N-dealkylation sites (N-methyl/N-ethyl adjacent to an activating group) is 1. The van der Waals surface area contributed by atoms with Crippen molar-refractivity contribution in [3.05, 3.63) is 0 Å². The normalized spacial score (nSPS) is 19.7. The number of nitrogens with one attached hydrogen (secondary N) is 1. The third-order valence-electron chi connectivity index (χ3n) is 4.69. The summed E-state index contributed by atoms with van der Waals surface area (Å²) in [6.07, 6.45) is 0.470. The van der Waals surface area contributed by atoms with E-state index in [0.29, 0.717) is 22.8 Å². The number of amides is 1. The molecule has 2 rings (SSSR count). The minimum absolute atomic E-state index is 0. The van der Waals surface area contributed by atoms with Crippen LogP contribution in [0.3, 0.4) is 0 Å². The fourth-order valence-electron chi connectivity index (χ4n) is 3.25. The number of guanidine groups is 1. The van der Waals surface area contributed by atoms with Crippen LogP contribution < -0.4 is 5.32 Å². The van der Waals surface area contributed by atoms with Crippen LogP contribution >= 0.6 is 24.0 Å². The van der Waals surface area contributed by atoms with E-state index in [1.807, 2.05) is 6.92 Å². The Bertz CT molecular complexity index is 466. The highest BCUT2D eigenvalue weighted by Crippen LogP contribution is 2.47. The summed E-state index contributed by atoms with van der Waals surface area (Å²) in [6, 6.07) is 0. The Morgan fingerprint density at radius 3 is 2.46 bits per heavy atom. The van der Waals surface area contributed by atoms with Gasteiger partial charge in [0.25, 0.3) is 0 Å². The Morgan fingerprint density at radius 2 is 2.00 bits per heavy atom. The molecule has 2 fully saturated rings. The van der Waals surface area contributed by atoms with E-state index in [1.54, 1.807) is 0 Å².